The number of carboxylic acid groups (broad SMARTS) is 1. The van der Waals surface area contributed by atoms with Crippen LogP contribution in [-0.4, -0.2) is 87.4 Å². The maximum Gasteiger partial charge on any atom is 0.361 e. The Balaban J connectivity index is 4.37. The Morgan fingerprint density at radius 2 is 0.760 bits per heavy atom. The van der Waals surface area contributed by atoms with Crippen LogP contribution in [0.3, 0.4) is 0 Å². The second-order valence-corrected chi connectivity index (χ2v) is 20.9. The monoisotopic (exact) mass is 1050 g/mol. The molecule has 0 aliphatic rings. The van der Waals surface area contributed by atoms with Crippen molar-refractivity contribution >= 4 is 17.9 Å². The van der Waals surface area contributed by atoms with Gasteiger partial charge in [-0.2, -0.15) is 0 Å². The number of allylic oxidation sites excluding steroid dienone is 18. The number of quaternary nitrogens is 1. The van der Waals surface area contributed by atoms with Crippen molar-refractivity contribution in [2.24, 2.45) is 0 Å². The summed E-state index contributed by atoms with van der Waals surface area (Å²) in [4.78, 5) is 37.4. The molecule has 2 unspecified atom stereocenters. The van der Waals surface area contributed by atoms with E-state index in [1.807, 2.05) is 21.1 Å². The van der Waals surface area contributed by atoms with Crippen LogP contribution in [0.5, 0.6) is 0 Å². The molecule has 0 rings (SSSR count). The molecular weight excluding hydrogens is 935 g/mol. The van der Waals surface area contributed by atoms with Crippen molar-refractivity contribution in [2.75, 3.05) is 47.5 Å². The lowest BCUT2D eigenvalue weighted by Crippen LogP contribution is -2.40. The third-order valence-corrected chi connectivity index (χ3v) is 12.5. The highest BCUT2D eigenvalue weighted by Crippen LogP contribution is 2.16. The van der Waals surface area contributed by atoms with Crippen LogP contribution in [0.4, 0.5) is 0 Å². The highest BCUT2D eigenvalue weighted by atomic mass is 16.7. The number of unbranched alkanes of at least 4 members (excludes halogenated alkanes) is 21. The van der Waals surface area contributed by atoms with E-state index < -0.39 is 24.3 Å². The molecular formula is C66H112NO8+. The molecule has 0 radical (unpaired) electrons. The normalized spacial score (nSPS) is 13.6. The Hall–Kier alpha value is -4.05. The van der Waals surface area contributed by atoms with Gasteiger partial charge in [0.15, 0.2) is 6.10 Å². The van der Waals surface area contributed by atoms with Crippen LogP contribution < -0.4 is 0 Å². The predicted molar refractivity (Wildman–Crippen MR) is 318 cm³/mol. The molecule has 1 N–H and O–H groups in total. The molecule has 2 atom stereocenters. The molecule has 0 aromatic heterocycles. The maximum absolute atomic E-state index is 12.9. The number of hydrogen-bond donors (Lipinski definition) is 1. The first kappa shape index (κ1) is 71.0. The number of carbonyl (C=O) groups excluding carboxylic acids is 2. The van der Waals surface area contributed by atoms with E-state index in [1.165, 1.54) is 116 Å². The molecule has 428 valence electrons. The topological polar surface area (TPSA) is 108 Å². The van der Waals surface area contributed by atoms with E-state index in [2.05, 4.69) is 123 Å². The van der Waals surface area contributed by atoms with Crippen LogP contribution in [-0.2, 0) is 33.3 Å². The summed E-state index contributed by atoms with van der Waals surface area (Å²) < 4.78 is 22.8. The number of carboxylic acids is 1. The number of esters is 2. The largest absolute Gasteiger partial charge is 0.477 e. The van der Waals surface area contributed by atoms with Gasteiger partial charge in [0.05, 0.1) is 34.4 Å². The first-order chi connectivity index (χ1) is 36.6. The van der Waals surface area contributed by atoms with E-state index in [4.69, 9.17) is 18.9 Å². The summed E-state index contributed by atoms with van der Waals surface area (Å²) in [5.74, 6) is -2.09. The molecule has 0 aromatic rings. The van der Waals surface area contributed by atoms with Crippen LogP contribution >= 0.6 is 0 Å². The number of ether oxygens (including phenoxy) is 4. The minimum absolute atomic E-state index is 0.172. The third-order valence-electron chi connectivity index (χ3n) is 12.5. The lowest BCUT2D eigenvalue weighted by atomic mass is 10.0. The number of nitrogens with zero attached hydrogens (tertiary/aromatic N) is 1. The number of aliphatic carboxylic acids is 1. The molecule has 0 saturated carbocycles. The van der Waals surface area contributed by atoms with E-state index in [0.717, 1.165) is 77.0 Å². The molecule has 0 aliphatic heterocycles. The molecule has 0 fully saturated rings. The third kappa shape index (κ3) is 57.5. The zero-order valence-electron chi connectivity index (χ0n) is 48.7. The zero-order chi connectivity index (χ0) is 54.8. The fraction of sp³-hybridized carbons (Fsp3) is 0.682. The molecule has 0 spiro atoms. The zero-order valence-corrected chi connectivity index (χ0v) is 48.7. The molecule has 75 heavy (non-hydrogen) atoms. The minimum atomic E-state index is -1.53. The van der Waals surface area contributed by atoms with Gasteiger partial charge in [-0.1, -0.05) is 252 Å². The Bertz CT molecular complexity index is 1590. The Morgan fingerprint density at radius 1 is 0.413 bits per heavy atom. The fourth-order valence-electron chi connectivity index (χ4n) is 7.96. The number of likely N-dealkylation sites (N-methyl/N-ethyl adjacent to an activating group) is 1. The first-order valence-electron chi connectivity index (χ1n) is 30.1. The smallest absolute Gasteiger partial charge is 0.361 e. The molecule has 0 heterocycles. The summed E-state index contributed by atoms with van der Waals surface area (Å²) in [5, 5.41) is 9.71. The van der Waals surface area contributed by atoms with Crippen LogP contribution in [0.2, 0.25) is 0 Å². The van der Waals surface area contributed by atoms with Crippen molar-refractivity contribution in [3.05, 3.63) is 109 Å². The van der Waals surface area contributed by atoms with Gasteiger partial charge in [0.25, 0.3) is 6.29 Å². The highest BCUT2D eigenvalue weighted by molar-refractivity contribution is 5.71. The summed E-state index contributed by atoms with van der Waals surface area (Å²) in [5.41, 5.74) is 0. The van der Waals surface area contributed by atoms with E-state index in [-0.39, 0.29) is 38.6 Å². The number of carbonyl (C=O) groups is 3. The Kier molecular flexibility index (Phi) is 53.1. The van der Waals surface area contributed by atoms with E-state index in [9.17, 15) is 19.5 Å². The average molecular weight is 1050 g/mol. The summed E-state index contributed by atoms with van der Waals surface area (Å²) in [7, 11) is 5.94. The second-order valence-electron chi connectivity index (χ2n) is 20.9. The maximum atomic E-state index is 12.9. The summed E-state index contributed by atoms with van der Waals surface area (Å²) in [6, 6.07) is 0. The predicted octanol–water partition coefficient (Wildman–Crippen LogP) is 17.9. The van der Waals surface area contributed by atoms with Crippen molar-refractivity contribution in [1.82, 2.24) is 0 Å². The average Bonchev–Trinajstić information content (AvgIpc) is 3.38. The highest BCUT2D eigenvalue weighted by Gasteiger charge is 2.25. The lowest BCUT2D eigenvalue weighted by Gasteiger charge is -2.25. The Morgan fingerprint density at radius 3 is 1.12 bits per heavy atom. The van der Waals surface area contributed by atoms with Gasteiger partial charge in [0, 0.05) is 12.8 Å². The van der Waals surface area contributed by atoms with Crippen molar-refractivity contribution < 1.29 is 42.9 Å². The van der Waals surface area contributed by atoms with Crippen molar-refractivity contribution in [1.29, 1.82) is 0 Å². The number of rotatable bonds is 54. The van der Waals surface area contributed by atoms with Crippen LogP contribution in [0.1, 0.15) is 232 Å². The van der Waals surface area contributed by atoms with Gasteiger partial charge >= 0.3 is 17.9 Å². The molecule has 0 aromatic carbocycles. The molecule has 9 nitrogen and oxygen atoms in total. The van der Waals surface area contributed by atoms with E-state index in [1.54, 1.807) is 0 Å². The van der Waals surface area contributed by atoms with Crippen molar-refractivity contribution in [3.63, 3.8) is 0 Å². The lowest BCUT2D eigenvalue weighted by molar-refractivity contribution is -0.870. The van der Waals surface area contributed by atoms with Gasteiger partial charge in [0.1, 0.15) is 13.2 Å². The second kappa shape index (κ2) is 56.2. The first-order valence-corrected chi connectivity index (χ1v) is 30.1. The molecule has 0 aliphatic carbocycles. The van der Waals surface area contributed by atoms with Gasteiger partial charge in [0.2, 0.25) is 0 Å². The number of hydrogen-bond acceptors (Lipinski definition) is 7. The standard InChI is InChI=1S/C66H111NO8/c1-6-8-10-12-14-16-18-20-22-24-26-28-29-30-31-32-33-34-35-37-39-41-43-45-47-49-51-53-55-57-64(69)75-62(61-74-66(65(70)71)72-59-58-67(3,4)5)60-73-63(68)56-54-52-50-48-46-44-42-40-38-36-27-25-23-21-19-17-15-13-11-9-7-2/h8,10,14,16,20,22,26,28,30-31,33-34,37,39,43,45,49,51,62,66H,6-7,9,11-13,15,17-19,21,23-25,27,29,32,35-36,38,40-42,44,46-48,50,52-61H2,1-5H3/p+1/b10-8-,16-14-,22-20-,28-26-,31-30-,34-33-,39-37-,45-43-,51-49-. The molecule has 9 heteroatoms. The van der Waals surface area contributed by atoms with Crippen molar-refractivity contribution in [3.8, 4) is 0 Å². The minimum Gasteiger partial charge on any atom is -0.477 e. The van der Waals surface area contributed by atoms with E-state index >= 15 is 0 Å². The van der Waals surface area contributed by atoms with Crippen LogP contribution in [0.25, 0.3) is 0 Å². The summed E-state index contributed by atoms with van der Waals surface area (Å²) in [6.07, 6.45) is 74.7. The van der Waals surface area contributed by atoms with Gasteiger partial charge in [-0.05, 0) is 77.0 Å². The quantitative estimate of drug-likeness (QED) is 0.0211. The molecule has 0 amide bonds. The van der Waals surface area contributed by atoms with Crippen LogP contribution in [0, 0.1) is 0 Å². The Labute approximate surface area is 460 Å². The van der Waals surface area contributed by atoms with Gasteiger partial charge < -0.3 is 28.5 Å². The van der Waals surface area contributed by atoms with Gasteiger partial charge in [-0.25, -0.2) is 4.79 Å². The van der Waals surface area contributed by atoms with Crippen molar-refractivity contribution in [2.45, 2.75) is 245 Å². The van der Waals surface area contributed by atoms with Crippen LogP contribution in [0.15, 0.2) is 109 Å². The SMILES string of the molecule is CC/C=C\C/C=C\C/C=C\C/C=C\C/C=C\C/C=C\C/C=C\C/C=C\C/C=C\CCCC(=O)OC(COC(=O)CCCCCCCCCCCCCCCCCCCCCCC)COC(OCC[N+](C)(C)C)C(=O)O. The molecule has 0 saturated heterocycles. The van der Waals surface area contributed by atoms with Gasteiger partial charge in [-0.3, -0.25) is 9.59 Å². The summed E-state index contributed by atoms with van der Waals surface area (Å²) >= 11 is 0. The van der Waals surface area contributed by atoms with Gasteiger partial charge in [-0.15, -0.1) is 0 Å². The van der Waals surface area contributed by atoms with E-state index in [0.29, 0.717) is 23.9 Å². The fourth-order valence-corrected chi connectivity index (χ4v) is 7.96. The molecule has 0 bridgehead atoms. The summed E-state index contributed by atoms with van der Waals surface area (Å²) in [6.45, 7) is 4.71.